The number of allylic oxidation sites excluding steroid dienone is 1. The summed E-state index contributed by atoms with van der Waals surface area (Å²) in [7, 11) is 0. The monoisotopic (exact) mass is 489 g/mol. The van der Waals surface area contributed by atoms with E-state index in [1.165, 1.54) is 11.8 Å². The number of benzene rings is 1. The smallest absolute Gasteiger partial charge is 0.338 e. The van der Waals surface area contributed by atoms with E-state index in [4.69, 9.17) is 26.1 Å². The predicted octanol–water partition coefficient (Wildman–Crippen LogP) is 4.51. The Hall–Kier alpha value is -2.29. The highest BCUT2D eigenvalue weighted by molar-refractivity contribution is 8.16. The zero-order valence-corrected chi connectivity index (χ0v) is 20.8. The first-order chi connectivity index (χ1) is 15.6. The number of amides is 1. The van der Waals surface area contributed by atoms with Gasteiger partial charge in [0, 0.05) is 23.8 Å². The summed E-state index contributed by atoms with van der Waals surface area (Å²) in [6.45, 7) is 9.62. The Bertz CT molecular complexity index is 1040. The quantitative estimate of drug-likeness (QED) is 0.580. The molecular weight excluding hydrogens is 462 g/mol. The number of hydrogen-bond acceptors (Lipinski definition) is 7. The Morgan fingerprint density at radius 1 is 1.21 bits per heavy atom. The van der Waals surface area contributed by atoms with Gasteiger partial charge in [0.2, 0.25) is 5.91 Å². The van der Waals surface area contributed by atoms with Gasteiger partial charge in [-0.15, -0.1) is 0 Å². The largest absolute Gasteiger partial charge is 0.456 e. The average Bonchev–Trinajstić information content (AvgIpc) is 3.14. The molecule has 0 aliphatic carbocycles. The minimum atomic E-state index is -0.649. The van der Waals surface area contributed by atoms with Crippen LogP contribution >= 0.6 is 23.4 Å². The lowest BCUT2D eigenvalue weighted by molar-refractivity contribution is -0.150. The van der Waals surface area contributed by atoms with Crippen molar-refractivity contribution in [1.82, 2.24) is 9.80 Å². The van der Waals surface area contributed by atoms with Crippen molar-refractivity contribution < 1.29 is 19.1 Å². The van der Waals surface area contributed by atoms with Crippen LogP contribution in [0.3, 0.4) is 0 Å². The molecule has 9 heteroatoms. The van der Waals surface area contributed by atoms with E-state index < -0.39 is 17.6 Å². The second kappa shape index (κ2) is 9.52. The predicted molar refractivity (Wildman–Crippen MR) is 130 cm³/mol. The zero-order valence-electron chi connectivity index (χ0n) is 19.3. The fraction of sp³-hybridized carbons (Fsp3) is 0.458. The van der Waals surface area contributed by atoms with Gasteiger partial charge in [-0.05, 0) is 50.8 Å². The molecule has 0 saturated carbocycles. The van der Waals surface area contributed by atoms with Gasteiger partial charge < -0.3 is 19.3 Å². The maximum atomic E-state index is 13.3. The van der Waals surface area contributed by atoms with Crippen LogP contribution < -0.4 is 0 Å². The zero-order chi connectivity index (χ0) is 23.8. The first kappa shape index (κ1) is 23.9. The number of thioether (sulfide) groups is 1. The second-order valence-electron chi connectivity index (χ2n) is 9.12. The summed E-state index contributed by atoms with van der Waals surface area (Å²) in [6, 6.07) is 6.94. The van der Waals surface area contributed by atoms with Crippen LogP contribution in [0.2, 0.25) is 5.02 Å². The van der Waals surface area contributed by atoms with Crippen LogP contribution in [0.4, 0.5) is 0 Å². The molecule has 0 aromatic heterocycles. The lowest BCUT2D eigenvalue weighted by Crippen LogP contribution is -2.42. The third-order valence-corrected chi connectivity index (χ3v) is 6.64. The van der Waals surface area contributed by atoms with E-state index in [1.807, 2.05) is 55.0 Å². The Balaban J connectivity index is 1.70. The Morgan fingerprint density at radius 3 is 2.52 bits per heavy atom. The topological polar surface area (TPSA) is 71.4 Å². The molecule has 7 nitrogen and oxygen atoms in total. The van der Waals surface area contributed by atoms with Gasteiger partial charge in [-0.1, -0.05) is 35.5 Å². The van der Waals surface area contributed by atoms with Crippen molar-refractivity contribution in [3.8, 4) is 0 Å². The molecule has 0 bridgehead atoms. The number of halogens is 1. The summed E-state index contributed by atoms with van der Waals surface area (Å²) in [5.74, 6) is -0.384. The van der Waals surface area contributed by atoms with E-state index in [-0.39, 0.29) is 12.3 Å². The number of morpholine rings is 1. The van der Waals surface area contributed by atoms with E-state index in [1.54, 1.807) is 12.1 Å². The first-order valence-corrected chi connectivity index (χ1v) is 12.2. The third kappa shape index (κ3) is 5.28. The number of amidine groups is 1. The molecule has 1 fully saturated rings. The molecule has 0 N–H and O–H groups in total. The van der Waals surface area contributed by atoms with Crippen LogP contribution in [0.15, 0.2) is 51.6 Å². The van der Waals surface area contributed by atoms with Crippen molar-refractivity contribution in [2.45, 2.75) is 45.8 Å². The van der Waals surface area contributed by atoms with Crippen LogP contribution in [0.1, 0.15) is 45.7 Å². The number of carbonyl (C=O) groups is 2. The first-order valence-electron chi connectivity index (χ1n) is 10.9. The van der Waals surface area contributed by atoms with Gasteiger partial charge in [-0.3, -0.25) is 4.79 Å². The molecule has 1 aromatic rings. The molecule has 3 aliphatic heterocycles. The Kier molecular flexibility index (Phi) is 6.88. The second-order valence-corrected chi connectivity index (χ2v) is 10.4. The van der Waals surface area contributed by atoms with Crippen molar-refractivity contribution >= 4 is 40.4 Å². The fourth-order valence-electron chi connectivity index (χ4n) is 4.00. The van der Waals surface area contributed by atoms with Crippen molar-refractivity contribution in [2.75, 3.05) is 26.3 Å². The highest BCUT2D eigenvalue weighted by Gasteiger charge is 2.42. The lowest BCUT2D eigenvalue weighted by Gasteiger charge is -2.37. The summed E-state index contributed by atoms with van der Waals surface area (Å²) < 4.78 is 11.1. The van der Waals surface area contributed by atoms with E-state index in [9.17, 15) is 9.59 Å². The van der Waals surface area contributed by atoms with Gasteiger partial charge in [0.05, 0.1) is 36.9 Å². The number of fused-ring (bicyclic) bond motifs is 1. The number of rotatable bonds is 4. The minimum Gasteiger partial charge on any atom is -0.456 e. The number of carbonyl (C=O) groups excluding carboxylic acids is 2. The van der Waals surface area contributed by atoms with Crippen LogP contribution in [0.25, 0.3) is 0 Å². The number of hydrogen-bond donors (Lipinski definition) is 0. The SMILES string of the molecule is CC1=C(C(=O)OC(C)(C)C)C(c2ccc(Cl)cc2)N2C(CC(=O)N3CCOCC3)=CSC2=N1. The maximum absolute atomic E-state index is 13.3. The molecule has 0 spiro atoms. The van der Waals surface area contributed by atoms with E-state index in [0.29, 0.717) is 42.6 Å². The van der Waals surface area contributed by atoms with Gasteiger partial charge in [0.25, 0.3) is 0 Å². The Labute approximate surface area is 203 Å². The molecule has 176 valence electrons. The summed E-state index contributed by atoms with van der Waals surface area (Å²) in [5.41, 5.74) is 2.10. The van der Waals surface area contributed by atoms with Crippen LogP contribution in [-0.4, -0.2) is 58.7 Å². The number of ether oxygens (including phenoxy) is 2. The number of aliphatic imine (C=N–C) groups is 1. The summed E-state index contributed by atoms with van der Waals surface area (Å²) in [6.07, 6.45) is 0.219. The van der Waals surface area contributed by atoms with Gasteiger partial charge in [0.1, 0.15) is 5.60 Å². The molecule has 1 amide bonds. The maximum Gasteiger partial charge on any atom is 0.338 e. The standard InChI is InChI=1S/C24H28ClN3O4S/c1-15-20(22(30)32-24(2,3)4)21(16-5-7-17(25)8-6-16)28-18(14-33-23(28)26-15)13-19(29)27-9-11-31-12-10-27/h5-8,14,21H,9-13H2,1-4H3. The molecule has 4 rings (SSSR count). The highest BCUT2D eigenvalue weighted by Crippen LogP contribution is 2.45. The Morgan fingerprint density at radius 2 is 1.88 bits per heavy atom. The number of nitrogens with zero attached hydrogens (tertiary/aromatic N) is 3. The summed E-state index contributed by atoms with van der Waals surface area (Å²) >= 11 is 7.60. The van der Waals surface area contributed by atoms with Gasteiger partial charge in [-0.2, -0.15) is 0 Å². The van der Waals surface area contributed by atoms with Crippen LogP contribution in [-0.2, 0) is 19.1 Å². The normalized spacial score (nSPS) is 20.9. The van der Waals surface area contributed by atoms with Crippen LogP contribution in [0.5, 0.6) is 0 Å². The highest BCUT2D eigenvalue weighted by atomic mass is 35.5. The van der Waals surface area contributed by atoms with Crippen molar-refractivity contribution in [3.63, 3.8) is 0 Å². The minimum absolute atomic E-state index is 0.0337. The van der Waals surface area contributed by atoms with Gasteiger partial charge in [-0.25, -0.2) is 9.79 Å². The summed E-state index contributed by atoms with van der Waals surface area (Å²) in [4.78, 5) is 34.8. The van der Waals surface area contributed by atoms with E-state index in [2.05, 4.69) is 0 Å². The molecule has 1 unspecified atom stereocenters. The van der Waals surface area contributed by atoms with E-state index in [0.717, 1.165) is 16.4 Å². The molecule has 1 aromatic carbocycles. The van der Waals surface area contributed by atoms with Gasteiger partial charge in [0.15, 0.2) is 5.17 Å². The third-order valence-electron chi connectivity index (χ3n) is 5.50. The van der Waals surface area contributed by atoms with Crippen LogP contribution in [0, 0.1) is 0 Å². The van der Waals surface area contributed by atoms with Crippen molar-refractivity contribution in [3.05, 3.63) is 57.2 Å². The van der Waals surface area contributed by atoms with Crippen molar-refractivity contribution in [2.24, 2.45) is 4.99 Å². The number of esters is 1. The molecule has 0 radical (unpaired) electrons. The van der Waals surface area contributed by atoms with E-state index >= 15 is 0 Å². The van der Waals surface area contributed by atoms with Crippen molar-refractivity contribution in [1.29, 1.82) is 0 Å². The molecule has 1 atom stereocenters. The summed E-state index contributed by atoms with van der Waals surface area (Å²) in [5, 5.41) is 3.30. The molecule has 1 saturated heterocycles. The molecular formula is C24H28ClN3O4S. The van der Waals surface area contributed by atoms with Gasteiger partial charge >= 0.3 is 5.97 Å². The average molecular weight is 490 g/mol. The molecule has 33 heavy (non-hydrogen) atoms. The fourth-order valence-corrected chi connectivity index (χ4v) is 5.09. The lowest BCUT2D eigenvalue weighted by atomic mass is 9.93. The molecule has 3 aliphatic rings. The molecule has 3 heterocycles.